The largest absolute Gasteiger partial charge is 0.478 e. The molecular formula is C14H20N2O5. The number of nitrogens with one attached hydrogen (secondary N) is 1. The molecule has 116 valence electrons. The molecule has 0 heterocycles. The minimum atomic E-state index is -1.23. The van der Waals surface area contributed by atoms with Crippen LogP contribution in [0.5, 0.6) is 0 Å². The van der Waals surface area contributed by atoms with Crippen molar-refractivity contribution in [3.63, 3.8) is 0 Å². The van der Waals surface area contributed by atoms with Crippen LogP contribution in [0.4, 0.5) is 11.4 Å². The fourth-order valence-electron chi connectivity index (χ4n) is 2.13. The molecule has 0 amide bonds. The van der Waals surface area contributed by atoms with Gasteiger partial charge in [0.1, 0.15) is 0 Å². The molecule has 3 N–H and O–H groups in total. The lowest BCUT2D eigenvalue weighted by molar-refractivity contribution is -0.385. The van der Waals surface area contributed by atoms with Crippen LogP contribution in [0.25, 0.3) is 0 Å². The molecule has 0 fully saturated rings. The number of rotatable bonds is 7. The third-order valence-electron chi connectivity index (χ3n) is 3.16. The maximum Gasteiger partial charge on any atom is 0.336 e. The quantitative estimate of drug-likeness (QED) is 0.526. The van der Waals surface area contributed by atoms with Gasteiger partial charge >= 0.3 is 5.97 Å². The molecule has 0 saturated heterocycles. The van der Waals surface area contributed by atoms with Crippen LogP contribution in [-0.4, -0.2) is 33.8 Å². The Labute approximate surface area is 122 Å². The second kappa shape index (κ2) is 7.03. The zero-order valence-electron chi connectivity index (χ0n) is 12.3. The van der Waals surface area contributed by atoms with Crippen molar-refractivity contribution < 1.29 is 19.9 Å². The first-order valence-corrected chi connectivity index (χ1v) is 6.66. The van der Waals surface area contributed by atoms with Crippen LogP contribution < -0.4 is 5.32 Å². The molecule has 0 radical (unpaired) electrons. The Bertz CT molecular complexity index is 542. The number of nitrogens with zero attached hydrogens (tertiary/aromatic N) is 1. The number of nitro groups is 1. The number of aromatic carboxylic acids is 1. The predicted octanol–water partition coefficient (Wildman–Crippen LogP) is 2.42. The Kier molecular flexibility index (Phi) is 5.66. The van der Waals surface area contributed by atoms with Crippen LogP contribution >= 0.6 is 0 Å². The normalized spacial score (nSPS) is 12.2. The number of aliphatic hydroxyl groups is 1. The highest BCUT2D eigenvalue weighted by molar-refractivity contribution is 5.90. The smallest absolute Gasteiger partial charge is 0.336 e. The molecule has 7 heteroatoms. The maximum atomic E-state index is 11.1. The van der Waals surface area contributed by atoms with Gasteiger partial charge in [-0.25, -0.2) is 4.79 Å². The molecule has 1 rings (SSSR count). The zero-order valence-corrected chi connectivity index (χ0v) is 12.3. The average molecular weight is 296 g/mol. The van der Waals surface area contributed by atoms with Crippen molar-refractivity contribution in [3.05, 3.63) is 33.4 Å². The first kappa shape index (κ1) is 16.9. The molecule has 21 heavy (non-hydrogen) atoms. The average Bonchev–Trinajstić information content (AvgIpc) is 2.38. The van der Waals surface area contributed by atoms with Crippen molar-refractivity contribution in [2.75, 3.05) is 11.9 Å². The van der Waals surface area contributed by atoms with Gasteiger partial charge in [-0.2, -0.15) is 0 Å². The van der Waals surface area contributed by atoms with E-state index in [1.54, 1.807) is 6.92 Å². The summed E-state index contributed by atoms with van der Waals surface area (Å²) in [5, 5.41) is 32.4. The van der Waals surface area contributed by atoms with E-state index < -0.39 is 10.9 Å². The van der Waals surface area contributed by atoms with Crippen molar-refractivity contribution in [3.8, 4) is 0 Å². The van der Waals surface area contributed by atoms with Gasteiger partial charge in [0.15, 0.2) is 0 Å². The van der Waals surface area contributed by atoms with Crippen molar-refractivity contribution in [2.45, 2.75) is 33.2 Å². The number of carboxylic acid groups (broad SMARTS) is 1. The highest BCUT2D eigenvalue weighted by Gasteiger charge is 2.20. The van der Waals surface area contributed by atoms with E-state index in [4.69, 9.17) is 5.11 Å². The maximum absolute atomic E-state index is 11.1. The highest BCUT2D eigenvalue weighted by atomic mass is 16.6. The summed E-state index contributed by atoms with van der Waals surface area (Å²) in [7, 11) is 0. The Morgan fingerprint density at radius 3 is 2.48 bits per heavy atom. The van der Waals surface area contributed by atoms with E-state index >= 15 is 0 Å². The summed E-state index contributed by atoms with van der Waals surface area (Å²) in [6, 6.07) is 2.11. The number of carbonyl (C=O) groups is 1. The van der Waals surface area contributed by atoms with Gasteiger partial charge in [0.05, 0.1) is 17.1 Å². The third-order valence-corrected chi connectivity index (χ3v) is 3.16. The molecule has 1 atom stereocenters. The predicted molar refractivity (Wildman–Crippen MR) is 78.7 cm³/mol. The van der Waals surface area contributed by atoms with Crippen molar-refractivity contribution in [1.29, 1.82) is 0 Å². The molecule has 1 unspecified atom stereocenters. The molecule has 1 aromatic carbocycles. The lowest BCUT2D eigenvalue weighted by atomic mass is 10.0. The standard InChI is InChI=1S/C14H20N2O5/c1-8(2)4-11(7-17)15-12-5-10(14(18)19)6-13(9(12)3)16(20)21/h5-6,8,11,15,17H,4,7H2,1-3H3,(H,18,19). The van der Waals surface area contributed by atoms with Crippen molar-refractivity contribution in [2.24, 2.45) is 5.92 Å². The van der Waals surface area contributed by atoms with Crippen LogP contribution in [0.15, 0.2) is 12.1 Å². The monoisotopic (exact) mass is 296 g/mol. The second-order valence-electron chi connectivity index (χ2n) is 5.38. The van der Waals surface area contributed by atoms with Crippen molar-refractivity contribution >= 4 is 17.3 Å². The molecule has 0 saturated carbocycles. The van der Waals surface area contributed by atoms with Gasteiger partial charge in [-0.3, -0.25) is 10.1 Å². The number of nitro benzene ring substituents is 1. The van der Waals surface area contributed by atoms with Gasteiger partial charge in [0.25, 0.3) is 5.69 Å². The van der Waals surface area contributed by atoms with E-state index in [9.17, 15) is 20.0 Å². The molecule has 0 bridgehead atoms. The van der Waals surface area contributed by atoms with Gasteiger partial charge in [-0.1, -0.05) is 13.8 Å². The summed E-state index contributed by atoms with van der Waals surface area (Å²) in [6.07, 6.45) is 0.668. The third kappa shape index (κ3) is 4.42. The highest BCUT2D eigenvalue weighted by Crippen LogP contribution is 2.29. The minimum Gasteiger partial charge on any atom is -0.478 e. The molecule has 0 aliphatic carbocycles. The summed E-state index contributed by atoms with van der Waals surface area (Å²) in [6.45, 7) is 5.40. The lowest BCUT2D eigenvalue weighted by Gasteiger charge is -2.21. The van der Waals surface area contributed by atoms with Crippen LogP contribution in [-0.2, 0) is 0 Å². The lowest BCUT2D eigenvalue weighted by Crippen LogP contribution is -2.26. The molecule has 0 aromatic heterocycles. The Hall–Kier alpha value is -2.15. The van der Waals surface area contributed by atoms with Gasteiger partial charge in [-0.15, -0.1) is 0 Å². The molecular weight excluding hydrogens is 276 g/mol. The van der Waals surface area contributed by atoms with E-state index in [2.05, 4.69) is 5.32 Å². The Morgan fingerprint density at radius 1 is 1.43 bits per heavy atom. The molecule has 0 spiro atoms. The number of aliphatic hydroxyl groups excluding tert-OH is 1. The number of carboxylic acids is 1. The van der Waals surface area contributed by atoms with E-state index in [0.717, 1.165) is 6.07 Å². The van der Waals surface area contributed by atoms with E-state index in [1.165, 1.54) is 6.07 Å². The van der Waals surface area contributed by atoms with Crippen LogP contribution in [0, 0.1) is 23.0 Å². The van der Waals surface area contributed by atoms with Gasteiger partial charge in [0.2, 0.25) is 0 Å². The van der Waals surface area contributed by atoms with Crippen molar-refractivity contribution in [1.82, 2.24) is 0 Å². The van der Waals surface area contributed by atoms with E-state index in [1.807, 2.05) is 13.8 Å². The van der Waals surface area contributed by atoms with Gasteiger partial charge in [-0.05, 0) is 25.3 Å². The topological polar surface area (TPSA) is 113 Å². The summed E-state index contributed by atoms with van der Waals surface area (Å²) in [4.78, 5) is 21.5. The SMILES string of the molecule is Cc1c(NC(CO)CC(C)C)cc(C(=O)O)cc1[N+](=O)[O-]. The number of hydrogen-bond donors (Lipinski definition) is 3. The van der Waals surface area contributed by atoms with E-state index in [0.29, 0.717) is 23.6 Å². The minimum absolute atomic E-state index is 0.136. The second-order valence-corrected chi connectivity index (χ2v) is 5.38. The molecule has 0 aliphatic heterocycles. The van der Waals surface area contributed by atoms with Crippen LogP contribution in [0.3, 0.4) is 0 Å². The summed E-state index contributed by atoms with van der Waals surface area (Å²) < 4.78 is 0. The number of benzene rings is 1. The van der Waals surface area contributed by atoms with E-state index in [-0.39, 0.29) is 23.9 Å². The summed E-state index contributed by atoms with van der Waals surface area (Å²) in [5.74, 6) is -0.904. The fraction of sp³-hybridized carbons (Fsp3) is 0.500. The molecule has 1 aromatic rings. The summed E-state index contributed by atoms with van der Waals surface area (Å²) in [5.41, 5.74) is 0.308. The van der Waals surface area contributed by atoms with Crippen LogP contribution in [0.1, 0.15) is 36.2 Å². The Balaban J connectivity index is 3.21. The fourth-order valence-corrected chi connectivity index (χ4v) is 2.13. The molecule has 0 aliphatic rings. The van der Waals surface area contributed by atoms with Crippen LogP contribution in [0.2, 0.25) is 0 Å². The van der Waals surface area contributed by atoms with Gasteiger partial charge in [0, 0.05) is 23.4 Å². The summed E-state index contributed by atoms with van der Waals surface area (Å²) >= 11 is 0. The number of anilines is 1. The first-order chi connectivity index (χ1) is 9.76. The Morgan fingerprint density at radius 2 is 2.05 bits per heavy atom. The first-order valence-electron chi connectivity index (χ1n) is 6.66. The molecule has 7 nitrogen and oxygen atoms in total. The number of hydrogen-bond acceptors (Lipinski definition) is 5. The zero-order chi connectivity index (χ0) is 16.2. The van der Waals surface area contributed by atoms with Gasteiger partial charge < -0.3 is 15.5 Å².